The predicted octanol–water partition coefficient (Wildman–Crippen LogP) is 4.68. The van der Waals surface area contributed by atoms with E-state index in [4.69, 9.17) is 4.74 Å². The normalized spacial score (nSPS) is 12.9. The second-order valence-corrected chi connectivity index (χ2v) is 8.85. The third-order valence-electron chi connectivity index (χ3n) is 5.98. The minimum Gasteiger partial charge on any atom is -0.484 e. The molecule has 1 fully saturated rings. The molecule has 7 nitrogen and oxygen atoms in total. The molecule has 0 bridgehead atoms. The van der Waals surface area contributed by atoms with Crippen molar-refractivity contribution in [2.24, 2.45) is 5.92 Å². The van der Waals surface area contributed by atoms with Crippen LogP contribution in [0.1, 0.15) is 37.8 Å². The Balaban J connectivity index is 1.12. The van der Waals surface area contributed by atoms with Gasteiger partial charge in [-0.3, -0.25) is 14.7 Å². The SMILES string of the molecule is CN(CCCCCc1cc(-c2ccccc2)n[nH]1)C(=O)COc1cccc(NC(=O)C2CC2)c1. The van der Waals surface area contributed by atoms with Crippen molar-refractivity contribution in [2.75, 3.05) is 25.5 Å². The number of rotatable bonds is 12. The first-order valence-electron chi connectivity index (χ1n) is 12.0. The van der Waals surface area contributed by atoms with Gasteiger partial charge in [-0.15, -0.1) is 0 Å². The molecule has 4 rings (SSSR count). The molecular formula is C27H32N4O3. The average Bonchev–Trinajstić information content (AvgIpc) is 3.61. The van der Waals surface area contributed by atoms with E-state index in [1.54, 1.807) is 24.1 Å². The highest BCUT2D eigenvalue weighted by atomic mass is 16.5. The zero-order chi connectivity index (χ0) is 23.8. The van der Waals surface area contributed by atoms with E-state index in [-0.39, 0.29) is 24.3 Å². The summed E-state index contributed by atoms with van der Waals surface area (Å²) in [5.41, 5.74) is 3.91. The van der Waals surface area contributed by atoms with Crippen LogP contribution in [0.4, 0.5) is 5.69 Å². The third-order valence-corrected chi connectivity index (χ3v) is 5.98. The van der Waals surface area contributed by atoms with Crippen LogP contribution in [0.15, 0.2) is 60.7 Å². The number of nitrogens with zero attached hydrogens (tertiary/aromatic N) is 2. The van der Waals surface area contributed by atoms with Crippen molar-refractivity contribution in [3.8, 4) is 17.0 Å². The van der Waals surface area contributed by atoms with E-state index in [2.05, 4.69) is 33.7 Å². The van der Waals surface area contributed by atoms with Gasteiger partial charge >= 0.3 is 0 Å². The fourth-order valence-corrected chi connectivity index (χ4v) is 3.72. The van der Waals surface area contributed by atoms with Crippen LogP contribution in [0, 0.1) is 5.92 Å². The second-order valence-electron chi connectivity index (χ2n) is 8.85. The van der Waals surface area contributed by atoms with Crippen molar-refractivity contribution in [1.82, 2.24) is 15.1 Å². The van der Waals surface area contributed by atoms with Gasteiger partial charge in [0.1, 0.15) is 5.75 Å². The summed E-state index contributed by atoms with van der Waals surface area (Å²) in [4.78, 5) is 26.0. The lowest BCUT2D eigenvalue weighted by Gasteiger charge is -2.17. The van der Waals surface area contributed by atoms with Crippen LogP contribution in [0.5, 0.6) is 5.75 Å². The Morgan fingerprint density at radius 3 is 2.68 bits per heavy atom. The van der Waals surface area contributed by atoms with Gasteiger partial charge < -0.3 is 15.0 Å². The number of ether oxygens (including phenoxy) is 1. The van der Waals surface area contributed by atoms with E-state index in [1.807, 2.05) is 30.3 Å². The van der Waals surface area contributed by atoms with E-state index in [0.29, 0.717) is 18.0 Å². The number of nitrogens with one attached hydrogen (secondary N) is 2. The molecule has 0 atom stereocenters. The van der Waals surface area contributed by atoms with E-state index >= 15 is 0 Å². The molecule has 0 spiro atoms. The predicted molar refractivity (Wildman–Crippen MR) is 133 cm³/mol. The number of H-pyrrole nitrogens is 1. The first-order chi connectivity index (χ1) is 16.6. The topological polar surface area (TPSA) is 87.3 Å². The highest BCUT2D eigenvalue weighted by molar-refractivity contribution is 5.94. The van der Waals surface area contributed by atoms with Gasteiger partial charge in [-0.25, -0.2) is 0 Å². The van der Waals surface area contributed by atoms with Crippen LogP contribution < -0.4 is 10.1 Å². The molecule has 2 amide bonds. The molecule has 1 saturated carbocycles. The first-order valence-corrected chi connectivity index (χ1v) is 12.0. The number of hydrogen-bond donors (Lipinski definition) is 2. The molecule has 34 heavy (non-hydrogen) atoms. The molecule has 1 heterocycles. The molecule has 1 aliphatic rings. The summed E-state index contributed by atoms with van der Waals surface area (Å²) in [6.45, 7) is 0.671. The maximum atomic E-state index is 12.4. The number of aromatic nitrogens is 2. The van der Waals surface area contributed by atoms with E-state index in [1.165, 1.54) is 0 Å². The van der Waals surface area contributed by atoms with Crippen LogP contribution in [0.25, 0.3) is 11.3 Å². The molecule has 0 radical (unpaired) electrons. The minimum atomic E-state index is -0.0616. The Hall–Kier alpha value is -3.61. The van der Waals surface area contributed by atoms with E-state index < -0.39 is 0 Å². The smallest absolute Gasteiger partial charge is 0.260 e. The Morgan fingerprint density at radius 2 is 1.88 bits per heavy atom. The summed E-state index contributed by atoms with van der Waals surface area (Å²) in [7, 11) is 1.80. The van der Waals surface area contributed by atoms with Gasteiger partial charge in [0.05, 0.1) is 5.69 Å². The number of unbranched alkanes of at least 4 members (excludes halogenated alkanes) is 2. The zero-order valence-electron chi connectivity index (χ0n) is 19.6. The molecule has 1 aromatic heterocycles. The first kappa shape index (κ1) is 23.5. The van der Waals surface area contributed by atoms with Gasteiger partial charge in [0, 0.05) is 42.5 Å². The van der Waals surface area contributed by atoms with Crippen molar-refractivity contribution in [3.63, 3.8) is 0 Å². The zero-order valence-corrected chi connectivity index (χ0v) is 19.6. The summed E-state index contributed by atoms with van der Waals surface area (Å²) in [5.74, 6) is 0.710. The maximum absolute atomic E-state index is 12.4. The van der Waals surface area contributed by atoms with Crippen LogP contribution in [-0.4, -0.2) is 47.1 Å². The number of aryl methyl sites for hydroxylation is 1. The summed E-state index contributed by atoms with van der Waals surface area (Å²) in [5, 5.41) is 10.4. The molecule has 178 valence electrons. The van der Waals surface area contributed by atoms with Crippen LogP contribution in [0.3, 0.4) is 0 Å². The van der Waals surface area contributed by atoms with Gasteiger partial charge in [0.25, 0.3) is 5.91 Å². The lowest BCUT2D eigenvalue weighted by Crippen LogP contribution is -2.32. The van der Waals surface area contributed by atoms with Crippen molar-refractivity contribution < 1.29 is 14.3 Å². The lowest BCUT2D eigenvalue weighted by atomic mass is 10.1. The molecule has 1 aliphatic carbocycles. The van der Waals surface area contributed by atoms with E-state index in [0.717, 1.165) is 55.5 Å². The highest BCUT2D eigenvalue weighted by Gasteiger charge is 2.29. The fourth-order valence-electron chi connectivity index (χ4n) is 3.72. The van der Waals surface area contributed by atoms with E-state index in [9.17, 15) is 9.59 Å². The summed E-state index contributed by atoms with van der Waals surface area (Å²) in [6.07, 6.45) is 5.86. The van der Waals surface area contributed by atoms with Gasteiger partial charge in [-0.05, 0) is 50.3 Å². The Labute approximate surface area is 200 Å². The summed E-state index contributed by atoms with van der Waals surface area (Å²) >= 11 is 0. The minimum absolute atomic E-state index is 0.0209. The quantitative estimate of drug-likeness (QED) is 0.384. The number of hydrogen-bond acceptors (Lipinski definition) is 4. The molecule has 0 unspecified atom stereocenters. The number of carbonyl (C=O) groups is 2. The fraction of sp³-hybridized carbons (Fsp3) is 0.370. The maximum Gasteiger partial charge on any atom is 0.260 e. The monoisotopic (exact) mass is 460 g/mol. The van der Waals surface area contributed by atoms with Gasteiger partial charge in [0.15, 0.2) is 6.61 Å². The van der Waals surface area contributed by atoms with Crippen molar-refractivity contribution in [1.29, 1.82) is 0 Å². The number of benzene rings is 2. The number of amides is 2. The van der Waals surface area contributed by atoms with Crippen LogP contribution in [0.2, 0.25) is 0 Å². The van der Waals surface area contributed by atoms with Gasteiger partial charge in [-0.2, -0.15) is 5.10 Å². The molecule has 7 heteroatoms. The largest absolute Gasteiger partial charge is 0.484 e. The summed E-state index contributed by atoms with van der Waals surface area (Å²) < 4.78 is 5.66. The second kappa shape index (κ2) is 11.5. The highest BCUT2D eigenvalue weighted by Crippen LogP contribution is 2.30. The molecule has 3 aromatic rings. The number of carbonyl (C=O) groups excluding carboxylic acids is 2. The molecule has 2 aromatic carbocycles. The molecular weight excluding hydrogens is 428 g/mol. The molecule has 0 aliphatic heterocycles. The van der Waals surface area contributed by atoms with Gasteiger partial charge in [-0.1, -0.05) is 42.8 Å². The van der Waals surface area contributed by atoms with Crippen LogP contribution >= 0.6 is 0 Å². The Morgan fingerprint density at radius 1 is 1.06 bits per heavy atom. The molecule has 0 saturated heterocycles. The van der Waals surface area contributed by atoms with Crippen molar-refractivity contribution in [3.05, 3.63) is 66.4 Å². The Kier molecular flexibility index (Phi) is 7.96. The lowest BCUT2D eigenvalue weighted by molar-refractivity contribution is -0.132. The van der Waals surface area contributed by atoms with Crippen molar-refractivity contribution in [2.45, 2.75) is 38.5 Å². The van der Waals surface area contributed by atoms with Crippen molar-refractivity contribution >= 4 is 17.5 Å². The molecule has 2 N–H and O–H groups in total. The van der Waals surface area contributed by atoms with Crippen LogP contribution in [-0.2, 0) is 16.0 Å². The average molecular weight is 461 g/mol. The standard InChI is InChI=1S/C27H32N4O3/c1-31(16-7-3-6-11-23-18-25(30-29-23)20-9-4-2-5-10-20)26(32)19-34-24-13-8-12-22(17-24)28-27(33)21-14-15-21/h2,4-5,8-10,12-13,17-18,21H,3,6-7,11,14-16,19H2,1H3,(H,28,33)(H,29,30). The Bertz CT molecular complexity index is 1090. The number of aromatic amines is 1. The summed E-state index contributed by atoms with van der Waals surface area (Å²) in [6, 6.07) is 19.4. The van der Waals surface area contributed by atoms with Gasteiger partial charge in [0.2, 0.25) is 5.91 Å². The third kappa shape index (κ3) is 6.94. The number of anilines is 1. The number of likely N-dealkylation sites (N-methyl/N-ethyl adjacent to an activating group) is 1.